The Kier molecular flexibility index (Phi) is 2.80. The van der Waals surface area contributed by atoms with Crippen molar-refractivity contribution in [2.24, 2.45) is 0 Å². The zero-order chi connectivity index (χ0) is 11.9. The van der Waals surface area contributed by atoms with E-state index < -0.39 is 17.5 Å². The summed E-state index contributed by atoms with van der Waals surface area (Å²) in [5, 5.41) is 0.499. The van der Waals surface area contributed by atoms with Crippen molar-refractivity contribution in [1.82, 2.24) is 0 Å². The number of rotatable bonds is 2. The summed E-state index contributed by atoms with van der Waals surface area (Å²) in [4.78, 5) is 24.4. The molecule has 0 saturated heterocycles. The van der Waals surface area contributed by atoms with Crippen LogP contribution in [0.25, 0.3) is 0 Å². The molecule has 1 aromatic rings. The van der Waals surface area contributed by atoms with E-state index in [9.17, 15) is 14.0 Å². The van der Waals surface area contributed by atoms with E-state index in [0.29, 0.717) is 10.9 Å². The molecule has 2 rings (SSSR count). The van der Waals surface area contributed by atoms with Gasteiger partial charge in [0, 0.05) is 11.9 Å². The minimum absolute atomic E-state index is 0.111. The maximum absolute atomic E-state index is 13.7. The molecule has 0 radical (unpaired) electrons. The second-order valence-electron chi connectivity index (χ2n) is 3.62. The van der Waals surface area contributed by atoms with Gasteiger partial charge < -0.3 is 4.90 Å². The first-order chi connectivity index (χ1) is 7.56. The quantitative estimate of drug-likeness (QED) is 0.616. The van der Waals surface area contributed by atoms with E-state index in [1.54, 1.807) is 13.0 Å². The largest absolute Gasteiger partial charge is 0.301 e. The number of anilines is 1. The van der Waals surface area contributed by atoms with Gasteiger partial charge in [-0.1, -0.05) is 15.9 Å². The Morgan fingerprint density at radius 3 is 2.69 bits per heavy atom. The molecule has 0 saturated carbocycles. The minimum Gasteiger partial charge on any atom is -0.301 e. The second kappa shape index (κ2) is 3.97. The highest BCUT2D eigenvalue weighted by molar-refractivity contribution is 9.09. The maximum atomic E-state index is 13.7. The molecule has 0 atom stereocenters. The van der Waals surface area contributed by atoms with Gasteiger partial charge in [-0.15, -0.1) is 0 Å². The van der Waals surface area contributed by atoms with Gasteiger partial charge in [-0.3, -0.25) is 9.59 Å². The molecule has 0 fully saturated rings. The topological polar surface area (TPSA) is 37.4 Å². The summed E-state index contributed by atoms with van der Waals surface area (Å²) in [7, 11) is 0. The molecule has 84 valence electrons. The first-order valence-corrected chi connectivity index (χ1v) is 5.90. The lowest BCUT2D eigenvalue weighted by atomic mass is 10.1. The van der Waals surface area contributed by atoms with Crippen LogP contribution in [0.3, 0.4) is 0 Å². The number of halogens is 2. The third-order valence-electron chi connectivity index (χ3n) is 2.47. The zero-order valence-corrected chi connectivity index (χ0v) is 10.2. The van der Waals surface area contributed by atoms with Crippen molar-refractivity contribution in [3.8, 4) is 0 Å². The average molecular weight is 286 g/mol. The van der Waals surface area contributed by atoms with Gasteiger partial charge in [0.05, 0.1) is 11.3 Å². The lowest BCUT2D eigenvalue weighted by molar-refractivity contribution is -0.114. The molecule has 0 aromatic heterocycles. The summed E-state index contributed by atoms with van der Waals surface area (Å²) >= 11 is 3.17. The van der Waals surface area contributed by atoms with Crippen LogP contribution in [0.1, 0.15) is 15.9 Å². The van der Waals surface area contributed by atoms with Gasteiger partial charge in [-0.25, -0.2) is 4.39 Å². The fourth-order valence-electron chi connectivity index (χ4n) is 1.82. The van der Waals surface area contributed by atoms with E-state index in [4.69, 9.17) is 0 Å². The Bertz CT molecular complexity index is 487. The number of aryl methyl sites for hydroxylation is 1. The number of ketones is 1. The Hall–Kier alpha value is -1.23. The number of carbonyl (C=O) groups excluding carboxylic acids is 2. The predicted octanol–water partition coefficient (Wildman–Crippen LogP) is 2.06. The van der Waals surface area contributed by atoms with E-state index in [2.05, 4.69) is 15.9 Å². The fourth-order valence-corrected chi connectivity index (χ4v) is 2.17. The highest BCUT2D eigenvalue weighted by Crippen LogP contribution is 2.32. The highest BCUT2D eigenvalue weighted by atomic mass is 79.9. The van der Waals surface area contributed by atoms with Crippen LogP contribution in [0, 0.1) is 12.7 Å². The van der Waals surface area contributed by atoms with Crippen molar-refractivity contribution < 1.29 is 14.0 Å². The molecule has 1 amide bonds. The molecule has 1 heterocycles. The molecule has 0 N–H and O–H groups in total. The first-order valence-electron chi connectivity index (χ1n) is 4.78. The third kappa shape index (κ3) is 1.55. The number of hydrogen-bond donors (Lipinski definition) is 0. The van der Waals surface area contributed by atoms with Gasteiger partial charge in [0.1, 0.15) is 5.82 Å². The fraction of sp³-hybridized carbons (Fsp3) is 0.273. The molecule has 0 bridgehead atoms. The lowest BCUT2D eigenvalue weighted by Crippen LogP contribution is -2.31. The molecule has 0 spiro atoms. The van der Waals surface area contributed by atoms with Gasteiger partial charge in [0.25, 0.3) is 11.7 Å². The summed E-state index contributed by atoms with van der Waals surface area (Å²) in [5.41, 5.74) is 0.918. The summed E-state index contributed by atoms with van der Waals surface area (Å²) < 4.78 is 13.7. The number of carbonyl (C=O) groups is 2. The van der Waals surface area contributed by atoms with Crippen LogP contribution < -0.4 is 4.90 Å². The number of alkyl halides is 1. The predicted molar refractivity (Wildman–Crippen MR) is 61.6 cm³/mol. The van der Waals surface area contributed by atoms with E-state index in [0.717, 1.165) is 0 Å². The smallest absolute Gasteiger partial charge is 0.299 e. The van der Waals surface area contributed by atoms with E-state index in [1.165, 1.54) is 11.0 Å². The van der Waals surface area contributed by atoms with Crippen molar-refractivity contribution in [2.75, 3.05) is 16.8 Å². The Labute approximate surface area is 100 Å². The van der Waals surface area contributed by atoms with Crippen LogP contribution in [0.4, 0.5) is 10.1 Å². The summed E-state index contributed by atoms with van der Waals surface area (Å²) in [6.45, 7) is 1.98. The first kappa shape index (κ1) is 11.3. The van der Waals surface area contributed by atoms with Crippen molar-refractivity contribution in [3.63, 3.8) is 0 Å². The van der Waals surface area contributed by atoms with Gasteiger partial charge in [-0.05, 0) is 24.6 Å². The van der Waals surface area contributed by atoms with Gasteiger partial charge in [-0.2, -0.15) is 0 Å². The summed E-state index contributed by atoms with van der Waals surface area (Å²) in [6, 6.07) is 2.87. The third-order valence-corrected chi connectivity index (χ3v) is 2.82. The van der Waals surface area contributed by atoms with Crippen molar-refractivity contribution in [2.45, 2.75) is 6.92 Å². The maximum Gasteiger partial charge on any atom is 0.299 e. The molecular formula is C11H9BrFNO2. The highest BCUT2D eigenvalue weighted by Gasteiger charge is 2.37. The number of benzene rings is 1. The Balaban J connectivity index is 2.60. The molecule has 5 heteroatoms. The number of Topliss-reactive ketones (excluding diaryl/α,β-unsaturated/α-hetero) is 1. The van der Waals surface area contributed by atoms with Gasteiger partial charge >= 0.3 is 0 Å². The Morgan fingerprint density at radius 1 is 1.38 bits per heavy atom. The van der Waals surface area contributed by atoms with Crippen LogP contribution in [0.2, 0.25) is 0 Å². The molecule has 1 aliphatic rings. The molecule has 0 unspecified atom stereocenters. The molecule has 1 aromatic carbocycles. The van der Waals surface area contributed by atoms with Crippen molar-refractivity contribution >= 4 is 33.3 Å². The van der Waals surface area contributed by atoms with Crippen LogP contribution in [-0.2, 0) is 4.79 Å². The average Bonchev–Trinajstić information content (AvgIpc) is 2.44. The number of nitrogens with zero attached hydrogens (tertiary/aromatic N) is 1. The van der Waals surface area contributed by atoms with Crippen LogP contribution in [0.15, 0.2) is 12.1 Å². The SMILES string of the molecule is Cc1cc(F)c2c(c1)C(=O)C(=O)N2CCBr. The monoisotopic (exact) mass is 285 g/mol. The van der Waals surface area contributed by atoms with Gasteiger partial charge in [0.2, 0.25) is 0 Å². The molecule has 3 nitrogen and oxygen atoms in total. The molecule has 16 heavy (non-hydrogen) atoms. The normalized spacial score (nSPS) is 14.6. The van der Waals surface area contributed by atoms with Gasteiger partial charge in [0.15, 0.2) is 0 Å². The zero-order valence-electron chi connectivity index (χ0n) is 8.59. The summed E-state index contributed by atoms with van der Waals surface area (Å²) in [5.74, 6) is -1.80. The number of fused-ring (bicyclic) bond motifs is 1. The van der Waals surface area contributed by atoms with Crippen LogP contribution >= 0.6 is 15.9 Å². The van der Waals surface area contributed by atoms with Crippen molar-refractivity contribution in [1.29, 1.82) is 0 Å². The minimum atomic E-state index is -0.654. The van der Waals surface area contributed by atoms with E-state index in [1.807, 2.05) is 0 Å². The van der Waals surface area contributed by atoms with Crippen LogP contribution in [0.5, 0.6) is 0 Å². The van der Waals surface area contributed by atoms with Crippen LogP contribution in [-0.4, -0.2) is 23.6 Å². The Morgan fingerprint density at radius 2 is 2.06 bits per heavy atom. The lowest BCUT2D eigenvalue weighted by Gasteiger charge is -2.15. The van der Waals surface area contributed by atoms with E-state index >= 15 is 0 Å². The second-order valence-corrected chi connectivity index (χ2v) is 4.41. The van der Waals surface area contributed by atoms with Crippen molar-refractivity contribution in [3.05, 3.63) is 29.1 Å². The summed E-state index contributed by atoms with van der Waals surface area (Å²) in [6.07, 6.45) is 0. The number of amides is 1. The molecule has 1 aliphatic heterocycles. The van der Waals surface area contributed by atoms with E-state index in [-0.39, 0.29) is 17.8 Å². The molecule has 0 aliphatic carbocycles. The standard InChI is InChI=1S/C11H9BrFNO2/c1-6-4-7-9(8(13)5-6)14(3-2-12)11(16)10(7)15/h4-5H,2-3H2,1H3. The molecular weight excluding hydrogens is 277 g/mol. The number of hydrogen-bond acceptors (Lipinski definition) is 2.